The molecular formula is C28H25BF3N3O3. The van der Waals surface area contributed by atoms with E-state index in [4.69, 9.17) is 14.6 Å². The summed E-state index contributed by atoms with van der Waals surface area (Å²) in [6.07, 6.45) is -4.73. The van der Waals surface area contributed by atoms with Gasteiger partial charge in [-0.3, -0.25) is 9.13 Å². The first kappa shape index (κ1) is 25.8. The third-order valence-corrected chi connectivity index (χ3v) is 7.37. The number of imidazole rings is 1. The Morgan fingerprint density at radius 2 is 1.53 bits per heavy atom. The van der Waals surface area contributed by atoms with Gasteiger partial charge in [0.2, 0.25) is 0 Å². The summed E-state index contributed by atoms with van der Waals surface area (Å²) in [5, 5.41) is 9.14. The molecule has 0 radical (unpaired) electrons. The number of aromatic nitrogens is 2. The molecule has 4 aromatic rings. The predicted octanol–water partition coefficient (Wildman–Crippen LogP) is 5.03. The van der Waals surface area contributed by atoms with Crippen LogP contribution in [-0.4, -0.2) is 27.5 Å². The maximum Gasteiger partial charge on any atom is 0.494 e. The van der Waals surface area contributed by atoms with Crippen LogP contribution in [0.15, 0.2) is 71.5 Å². The first-order valence-corrected chi connectivity index (χ1v) is 12.1. The van der Waals surface area contributed by atoms with Crippen molar-refractivity contribution in [3.63, 3.8) is 0 Å². The highest BCUT2D eigenvalue weighted by Crippen LogP contribution is 2.36. The van der Waals surface area contributed by atoms with Crippen LogP contribution in [-0.2, 0) is 22.0 Å². The lowest BCUT2D eigenvalue weighted by Crippen LogP contribution is -2.41. The van der Waals surface area contributed by atoms with Crippen molar-refractivity contribution in [1.82, 2.24) is 9.13 Å². The molecule has 0 atom stereocenters. The van der Waals surface area contributed by atoms with Crippen LogP contribution in [0.4, 0.5) is 13.2 Å². The van der Waals surface area contributed by atoms with Crippen LogP contribution in [0.2, 0.25) is 0 Å². The molecular weight excluding hydrogens is 494 g/mol. The number of alkyl halides is 3. The normalized spacial score (nSPS) is 16.6. The molecule has 10 heteroatoms. The van der Waals surface area contributed by atoms with Crippen molar-refractivity contribution < 1.29 is 22.5 Å². The Morgan fingerprint density at radius 1 is 0.921 bits per heavy atom. The predicted molar refractivity (Wildman–Crippen MR) is 139 cm³/mol. The fourth-order valence-electron chi connectivity index (χ4n) is 4.56. The van der Waals surface area contributed by atoms with Gasteiger partial charge in [-0.05, 0) is 69.1 Å². The molecule has 1 saturated heterocycles. The van der Waals surface area contributed by atoms with Gasteiger partial charge in [0.25, 0.3) is 0 Å². The van der Waals surface area contributed by atoms with E-state index in [9.17, 15) is 18.0 Å². The zero-order valence-electron chi connectivity index (χ0n) is 21.3. The lowest BCUT2D eigenvalue weighted by Gasteiger charge is -2.32. The first-order chi connectivity index (χ1) is 17.8. The zero-order valence-corrected chi connectivity index (χ0v) is 21.3. The molecule has 194 valence electrons. The van der Waals surface area contributed by atoms with E-state index in [0.717, 1.165) is 23.2 Å². The topological polar surface area (TPSA) is 69.2 Å². The Balaban J connectivity index is 1.52. The standard InChI is InChI=1S/C28H25BF3N3O3/c1-26(2)27(3,4)38-29(37-26)20-12-9-18(10-13-20)17-34-23-7-5-6-8-24(23)35(25(34)36)21-14-11-19(16-33)22(15-21)28(30,31)32/h5-15H,17H2,1-4H3. The molecule has 0 aliphatic carbocycles. The van der Waals surface area contributed by atoms with Gasteiger partial charge in [-0.1, -0.05) is 36.4 Å². The molecule has 0 unspecified atom stereocenters. The monoisotopic (exact) mass is 519 g/mol. The van der Waals surface area contributed by atoms with Gasteiger partial charge >= 0.3 is 19.0 Å². The largest absolute Gasteiger partial charge is 0.494 e. The summed E-state index contributed by atoms with van der Waals surface area (Å²) in [6, 6.07) is 19.3. The molecule has 0 N–H and O–H groups in total. The van der Waals surface area contributed by atoms with E-state index in [0.29, 0.717) is 11.0 Å². The highest BCUT2D eigenvalue weighted by atomic mass is 19.4. The second kappa shape index (κ2) is 8.89. The summed E-state index contributed by atoms with van der Waals surface area (Å²) in [5.41, 5.74) is -0.266. The van der Waals surface area contributed by atoms with Crippen molar-refractivity contribution in [2.24, 2.45) is 0 Å². The van der Waals surface area contributed by atoms with Gasteiger partial charge in [0.05, 0.1) is 51.7 Å². The van der Waals surface area contributed by atoms with Crippen molar-refractivity contribution in [2.45, 2.75) is 51.6 Å². The van der Waals surface area contributed by atoms with E-state index >= 15 is 0 Å². The van der Waals surface area contributed by atoms with Crippen LogP contribution in [0.25, 0.3) is 16.7 Å². The van der Waals surface area contributed by atoms with Gasteiger partial charge in [-0.25, -0.2) is 4.79 Å². The maximum absolute atomic E-state index is 13.6. The number of rotatable bonds is 4. The minimum Gasteiger partial charge on any atom is -0.399 e. The van der Waals surface area contributed by atoms with Gasteiger partial charge < -0.3 is 9.31 Å². The van der Waals surface area contributed by atoms with Crippen LogP contribution < -0.4 is 11.2 Å². The summed E-state index contributed by atoms with van der Waals surface area (Å²) in [5.74, 6) is 0. The SMILES string of the molecule is CC1(C)OB(c2ccc(Cn3c(=O)n(-c4ccc(C#N)c(C(F)(F)F)c4)c4ccccc43)cc2)OC1(C)C. The molecule has 1 fully saturated rings. The van der Waals surface area contributed by atoms with Crippen LogP contribution in [0.1, 0.15) is 44.4 Å². The number of benzene rings is 3. The number of fused-ring (bicyclic) bond motifs is 1. The molecule has 1 aliphatic rings. The molecule has 1 aromatic heterocycles. The third-order valence-electron chi connectivity index (χ3n) is 7.37. The van der Waals surface area contributed by atoms with Crippen molar-refractivity contribution in [2.75, 3.05) is 0 Å². The summed E-state index contributed by atoms with van der Waals surface area (Å²) in [6.45, 7) is 8.13. The fraction of sp³-hybridized carbons (Fsp3) is 0.286. The minimum atomic E-state index is -4.73. The van der Waals surface area contributed by atoms with E-state index in [1.807, 2.05) is 52.0 Å². The second-order valence-corrected chi connectivity index (χ2v) is 10.4. The fourth-order valence-corrected chi connectivity index (χ4v) is 4.56. The number of nitrogens with zero attached hydrogens (tertiary/aromatic N) is 3. The average Bonchev–Trinajstić information content (AvgIpc) is 3.26. The molecule has 2 heterocycles. The molecule has 3 aromatic carbocycles. The highest BCUT2D eigenvalue weighted by Gasteiger charge is 2.51. The molecule has 6 nitrogen and oxygen atoms in total. The van der Waals surface area contributed by atoms with Gasteiger partial charge in [-0.15, -0.1) is 0 Å². The van der Waals surface area contributed by atoms with E-state index in [1.165, 1.54) is 15.2 Å². The zero-order chi connectivity index (χ0) is 27.5. The van der Waals surface area contributed by atoms with E-state index in [2.05, 4.69) is 0 Å². The van der Waals surface area contributed by atoms with Crippen molar-refractivity contribution in [1.29, 1.82) is 5.26 Å². The minimum absolute atomic E-state index is 0.0346. The van der Waals surface area contributed by atoms with E-state index in [-0.39, 0.29) is 12.2 Å². The number of nitriles is 1. The summed E-state index contributed by atoms with van der Waals surface area (Å²) in [7, 11) is -0.516. The van der Waals surface area contributed by atoms with Crippen LogP contribution >= 0.6 is 0 Å². The number of hydrogen-bond acceptors (Lipinski definition) is 4. The lowest BCUT2D eigenvalue weighted by molar-refractivity contribution is -0.137. The van der Waals surface area contributed by atoms with E-state index < -0.39 is 41.3 Å². The highest BCUT2D eigenvalue weighted by molar-refractivity contribution is 6.62. The Hall–Kier alpha value is -3.81. The molecule has 0 saturated carbocycles. The van der Waals surface area contributed by atoms with Crippen molar-refractivity contribution in [3.05, 3.63) is 93.9 Å². The van der Waals surface area contributed by atoms with Crippen molar-refractivity contribution >= 4 is 23.6 Å². The molecule has 0 spiro atoms. The van der Waals surface area contributed by atoms with Gasteiger partial charge in [-0.2, -0.15) is 18.4 Å². The Bertz CT molecular complexity index is 1610. The summed E-state index contributed by atoms with van der Waals surface area (Å²) < 4.78 is 55.8. The van der Waals surface area contributed by atoms with Gasteiger partial charge in [0.1, 0.15) is 0 Å². The quantitative estimate of drug-likeness (QED) is 0.355. The Labute approximate surface area is 218 Å². The Kier molecular flexibility index (Phi) is 6.05. The van der Waals surface area contributed by atoms with Crippen LogP contribution in [0.5, 0.6) is 0 Å². The van der Waals surface area contributed by atoms with Crippen LogP contribution in [0.3, 0.4) is 0 Å². The second-order valence-electron chi connectivity index (χ2n) is 10.4. The molecule has 38 heavy (non-hydrogen) atoms. The van der Waals surface area contributed by atoms with Gasteiger partial charge in [0.15, 0.2) is 0 Å². The summed E-state index contributed by atoms with van der Waals surface area (Å²) in [4.78, 5) is 13.6. The first-order valence-electron chi connectivity index (χ1n) is 12.1. The lowest BCUT2D eigenvalue weighted by atomic mass is 9.79. The average molecular weight is 519 g/mol. The Morgan fingerprint density at radius 3 is 2.11 bits per heavy atom. The number of halogens is 3. The number of hydrogen-bond donors (Lipinski definition) is 0. The molecule has 0 bridgehead atoms. The molecule has 1 aliphatic heterocycles. The molecule has 5 rings (SSSR count). The third kappa shape index (κ3) is 4.32. The van der Waals surface area contributed by atoms with Crippen molar-refractivity contribution in [3.8, 4) is 11.8 Å². The number of para-hydroxylation sites is 2. The maximum atomic E-state index is 13.6. The van der Waals surface area contributed by atoms with E-state index in [1.54, 1.807) is 30.3 Å². The summed E-state index contributed by atoms with van der Waals surface area (Å²) >= 11 is 0. The van der Waals surface area contributed by atoms with Crippen LogP contribution in [0, 0.1) is 11.3 Å². The molecule has 0 amide bonds. The van der Waals surface area contributed by atoms with Gasteiger partial charge in [0, 0.05) is 0 Å². The smallest absolute Gasteiger partial charge is 0.399 e.